The fraction of sp³-hybridized carbons (Fsp3) is 0.0556. The topological polar surface area (TPSA) is 77.5 Å². The second-order valence-electron chi connectivity index (χ2n) is 5.43. The van der Waals surface area contributed by atoms with Crippen molar-refractivity contribution >= 4 is 15.7 Å². The number of benzene rings is 2. The van der Waals surface area contributed by atoms with Crippen molar-refractivity contribution < 1.29 is 17.9 Å². The van der Waals surface area contributed by atoms with Gasteiger partial charge in [0.05, 0.1) is 10.6 Å². The maximum Gasteiger partial charge on any atom is 0.261 e. The Labute approximate surface area is 145 Å². The molecule has 0 saturated carbocycles. The molecule has 0 saturated heterocycles. The maximum absolute atomic E-state index is 12.6. The predicted octanol–water partition coefficient (Wildman–Crippen LogP) is 3.28. The first-order valence-corrected chi connectivity index (χ1v) is 9.03. The van der Waals surface area contributed by atoms with Crippen LogP contribution < -0.4 is 14.2 Å². The van der Waals surface area contributed by atoms with E-state index in [1.54, 1.807) is 54.9 Å². The van der Waals surface area contributed by atoms with Crippen LogP contribution in [-0.4, -0.2) is 20.2 Å². The highest BCUT2D eigenvalue weighted by Crippen LogP contribution is 2.34. The van der Waals surface area contributed by atoms with Crippen LogP contribution in [0.5, 0.6) is 11.5 Å². The zero-order chi connectivity index (χ0) is 17.3. The molecule has 7 heteroatoms. The summed E-state index contributed by atoms with van der Waals surface area (Å²) in [5.74, 6) is 1.12. The first-order chi connectivity index (χ1) is 12.1. The van der Waals surface area contributed by atoms with Gasteiger partial charge in [-0.05, 0) is 47.5 Å². The van der Waals surface area contributed by atoms with Crippen molar-refractivity contribution in [1.29, 1.82) is 0 Å². The van der Waals surface area contributed by atoms with E-state index in [9.17, 15) is 8.42 Å². The van der Waals surface area contributed by atoms with Crippen LogP contribution in [0.1, 0.15) is 0 Å². The third kappa shape index (κ3) is 3.14. The Bertz CT molecular complexity index is 1000. The third-order valence-electron chi connectivity index (χ3n) is 3.80. The highest BCUT2D eigenvalue weighted by atomic mass is 32.2. The minimum Gasteiger partial charge on any atom is -0.454 e. The Morgan fingerprint density at radius 3 is 2.28 bits per heavy atom. The van der Waals surface area contributed by atoms with Crippen LogP contribution >= 0.6 is 0 Å². The molecule has 0 atom stereocenters. The summed E-state index contributed by atoms with van der Waals surface area (Å²) in [5.41, 5.74) is 2.31. The smallest absolute Gasteiger partial charge is 0.261 e. The number of fused-ring (bicyclic) bond motifs is 1. The summed E-state index contributed by atoms with van der Waals surface area (Å²) in [5, 5.41) is 0. The fourth-order valence-corrected chi connectivity index (χ4v) is 3.59. The summed E-state index contributed by atoms with van der Waals surface area (Å²) in [6, 6.07) is 15.3. The van der Waals surface area contributed by atoms with Crippen LogP contribution in [0.4, 0.5) is 5.69 Å². The minimum absolute atomic E-state index is 0.141. The number of sulfonamides is 1. The molecule has 1 aliphatic heterocycles. The van der Waals surface area contributed by atoms with Crippen molar-refractivity contribution in [1.82, 2.24) is 4.98 Å². The lowest BCUT2D eigenvalue weighted by atomic mass is 10.1. The number of hydrogen-bond donors (Lipinski definition) is 1. The van der Waals surface area contributed by atoms with Gasteiger partial charge in [-0.3, -0.25) is 9.71 Å². The van der Waals surface area contributed by atoms with E-state index in [0.29, 0.717) is 17.2 Å². The van der Waals surface area contributed by atoms with E-state index in [0.717, 1.165) is 11.1 Å². The second kappa shape index (κ2) is 6.10. The van der Waals surface area contributed by atoms with Crippen LogP contribution in [-0.2, 0) is 10.0 Å². The van der Waals surface area contributed by atoms with Crippen LogP contribution in [0.25, 0.3) is 11.1 Å². The van der Waals surface area contributed by atoms with Crippen LogP contribution in [0.15, 0.2) is 71.9 Å². The van der Waals surface area contributed by atoms with Gasteiger partial charge in [-0.2, -0.15) is 0 Å². The van der Waals surface area contributed by atoms with Gasteiger partial charge in [0.25, 0.3) is 10.0 Å². The summed E-state index contributed by atoms with van der Waals surface area (Å²) in [7, 11) is -3.69. The Morgan fingerprint density at radius 2 is 1.52 bits per heavy atom. The van der Waals surface area contributed by atoms with Crippen LogP contribution in [0, 0.1) is 0 Å². The molecule has 25 heavy (non-hydrogen) atoms. The lowest BCUT2D eigenvalue weighted by Crippen LogP contribution is -2.12. The van der Waals surface area contributed by atoms with Gasteiger partial charge in [0, 0.05) is 18.5 Å². The summed E-state index contributed by atoms with van der Waals surface area (Å²) in [4.78, 5) is 4.16. The molecule has 0 spiro atoms. The summed E-state index contributed by atoms with van der Waals surface area (Å²) >= 11 is 0. The van der Waals surface area contributed by atoms with Gasteiger partial charge in [-0.15, -0.1) is 0 Å². The maximum atomic E-state index is 12.6. The zero-order valence-electron chi connectivity index (χ0n) is 13.0. The van der Waals surface area contributed by atoms with Crippen LogP contribution in [0.2, 0.25) is 0 Å². The van der Waals surface area contributed by atoms with E-state index in [-0.39, 0.29) is 11.7 Å². The quantitative estimate of drug-likeness (QED) is 0.778. The van der Waals surface area contributed by atoms with Crippen molar-refractivity contribution in [3.05, 3.63) is 67.0 Å². The first-order valence-electron chi connectivity index (χ1n) is 7.55. The molecule has 2 heterocycles. The number of nitrogens with zero attached hydrogens (tertiary/aromatic N) is 1. The van der Waals surface area contributed by atoms with Gasteiger partial charge >= 0.3 is 0 Å². The van der Waals surface area contributed by atoms with Gasteiger partial charge in [-0.1, -0.05) is 12.1 Å². The van der Waals surface area contributed by atoms with Gasteiger partial charge in [-0.25, -0.2) is 8.42 Å². The molecular formula is C18H14N2O4S. The molecule has 3 aromatic rings. The van der Waals surface area contributed by atoms with Gasteiger partial charge in [0.2, 0.25) is 6.79 Å². The molecule has 0 aliphatic carbocycles. The van der Waals surface area contributed by atoms with Crippen molar-refractivity contribution in [2.45, 2.75) is 4.90 Å². The molecule has 1 aromatic heterocycles. The highest BCUT2D eigenvalue weighted by molar-refractivity contribution is 7.92. The largest absolute Gasteiger partial charge is 0.454 e. The molecule has 2 aromatic carbocycles. The Balaban J connectivity index is 1.58. The molecular weight excluding hydrogens is 340 g/mol. The molecule has 0 fully saturated rings. The van der Waals surface area contributed by atoms with Gasteiger partial charge in [0.1, 0.15) is 0 Å². The van der Waals surface area contributed by atoms with E-state index >= 15 is 0 Å². The van der Waals surface area contributed by atoms with Gasteiger partial charge < -0.3 is 9.47 Å². The Hall–Kier alpha value is -3.06. The number of rotatable bonds is 4. The lowest BCUT2D eigenvalue weighted by Gasteiger charge is -2.09. The zero-order valence-corrected chi connectivity index (χ0v) is 13.9. The first kappa shape index (κ1) is 15.5. The molecule has 4 rings (SSSR count). The third-order valence-corrected chi connectivity index (χ3v) is 5.20. The van der Waals surface area contributed by atoms with Crippen molar-refractivity contribution in [2.24, 2.45) is 0 Å². The van der Waals surface area contributed by atoms with Crippen molar-refractivity contribution in [3.63, 3.8) is 0 Å². The number of nitrogens with one attached hydrogen (secondary N) is 1. The minimum atomic E-state index is -3.69. The molecule has 1 aliphatic rings. The van der Waals surface area contributed by atoms with Crippen molar-refractivity contribution in [2.75, 3.05) is 11.5 Å². The predicted molar refractivity (Wildman–Crippen MR) is 93.0 cm³/mol. The van der Waals surface area contributed by atoms with Crippen molar-refractivity contribution in [3.8, 4) is 22.6 Å². The molecule has 1 N–H and O–H groups in total. The van der Waals surface area contributed by atoms with E-state index in [4.69, 9.17) is 9.47 Å². The average Bonchev–Trinajstić information content (AvgIpc) is 3.10. The fourth-order valence-electron chi connectivity index (χ4n) is 2.55. The molecule has 0 radical (unpaired) electrons. The number of aromatic nitrogens is 1. The summed E-state index contributed by atoms with van der Waals surface area (Å²) in [6.07, 6.45) is 3.39. The summed E-state index contributed by atoms with van der Waals surface area (Å²) < 4.78 is 38.1. The SMILES string of the molecule is O=S(=O)(Nc1ccc2c(c1)OCO2)c1ccc(-c2ccncc2)cc1. The van der Waals surface area contributed by atoms with E-state index in [1.807, 2.05) is 12.1 Å². The Morgan fingerprint density at radius 1 is 0.840 bits per heavy atom. The highest BCUT2D eigenvalue weighted by Gasteiger charge is 2.18. The van der Waals surface area contributed by atoms with E-state index in [1.165, 1.54) is 0 Å². The number of pyridine rings is 1. The average molecular weight is 354 g/mol. The number of ether oxygens (including phenoxy) is 2. The monoisotopic (exact) mass is 354 g/mol. The number of anilines is 1. The van der Waals surface area contributed by atoms with E-state index in [2.05, 4.69) is 9.71 Å². The second-order valence-corrected chi connectivity index (χ2v) is 7.12. The molecule has 0 amide bonds. The normalized spacial score (nSPS) is 12.8. The van der Waals surface area contributed by atoms with Gasteiger partial charge in [0.15, 0.2) is 11.5 Å². The molecule has 0 bridgehead atoms. The molecule has 6 nitrogen and oxygen atoms in total. The molecule has 0 unspecified atom stereocenters. The van der Waals surface area contributed by atoms with E-state index < -0.39 is 10.0 Å². The summed E-state index contributed by atoms with van der Waals surface area (Å²) in [6.45, 7) is 0.141. The standard InChI is InChI=1S/C18H14N2O4S/c21-25(22,20-15-3-6-17-18(11-15)24-12-23-17)16-4-1-13(2-5-16)14-7-9-19-10-8-14/h1-11,20H,12H2. The molecule has 126 valence electrons. The van der Waals surface area contributed by atoms with Crippen LogP contribution in [0.3, 0.4) is 0 Å². The lowest BCUT2D eigenvalue weighted by molar-refractivity contribution is 0.174. The Kier molecular flexibility index (Phi) is 3.77. The number of hydrogen-bond acceptors (Lipinski definition) is 5.